The molecule has 1 N–H and O–H groups in total. The van der Waals surface area contributed by atoms with E-state index < -0.39 is 47.9 Å². The van der Waals surface area contributed by atoms with Crippen molar-refractivity contribution in [3.05, 3.63) is 100 Å². The first kappa shape index (κ1) is 29.8. The predicted molar refractivity (Wildman–Crippen MR) is 139 cm³/mol. The van der Waals surface area contributed by atoms with E-state index in [1.54, 1.807) is 32.0 Å². The maximum atomic E-state index is 14.0. The molecule has 6 nitrogen and oxygen atoms in total. The van der Waals surface area contributed by atoms with Gasteiger partial charge in [0.05, 0.1) is 11.7 Å². The van der Waals surface area contributed by atoms with Crippen LogP contribution in [0, 0.1) is 24.5 Å². The lowest BCUT2D eigenvalue weighted by Gasteiger charge is -2.22. The van der Waals surface area contributed by atoms with Gasteiger partial charge in [-0.25, -0.2) is 13.8 Å². The van der Waals surface area contributed by atoms with E-state index in [9.17, 15) is 31.1 Å². The first-order valence-corrected chi connectivity index (χ1v) is 12.9. The number of rotatable bonds is 9. The van der Waals surface area contributed by atoms with Gasteiger partial charge in [-0.1, -0.05) is 19.9 Å². The molecule has 0 saturated heterocycles. The first-order chi connectivity index (χ1) is 19.4. The maximum Gasteiger partial charge on any atom is 0.435 e. The average molecular weight is 576 g/mol. The van der Waals surface area contributed by atoms with Crippen molar-refractivity contribution >= 4 is 5.91 Å². The molecule has 0 fully saturated rings. The zero-order valence-corrected chi connectivity index (χ0v) is 22.5. The van der Waals surface area contributed by atoms with E-state index in [1.807, 2.05) is 0 Å². The molecule has 0 aliphatic carbocycles. The quantitative estimate of drug-likeness (QED) is 0.188. The number of benzene rings is 1. The molecule has 0 unspecified atom stereocenters. The minimum Gasteiger partial charge on any atom is -0.346 e. The van der Waals surface area contributed by atoms with E-state index in [0.717, 1.165) is 16.8 Å². The highest BCUT2D eigenvalue weighted by molar-refractivity contribution is 5.77. The van der Waals surface area contributed by atoms with E-state index in [1.165, 1.54) is 19.3 Å². The van der Waals surface area contributed by atoms with E-state index in [-0.39, 0.29) is 41.6 Å². The maximum absolute atomic E-state index is 14.0. The number of aromatic nitrogens is 4. The third-order valence-electron chi connectivity index (χ3n) is 6.61. The molecule has 0 radical (unpaired) electrons. The van der Waals surface area contributed by atoms with Crippen LogP contribution < -0.4 is 5.32 Å². The summed E-state index contributed by atoms with van der Waals surface area (Å²) in [6.07, 6.45) is -1.74. The van der Waals surface area contributed by atoms with Gasteiger partial charge < -0.3 is 5.32 Å². The van der Waals surface area contributed by atoms with Crippen molar-refractivity contribution in [3.63, 3.8) is 0 Å². The summed E-state index contributed by atoms with van der Waals surface area (Å²) in [6.45, 7) is 4.26. The van der Waals surface area contributed by atoms with Crippen LogP contribution in [0.3, 0.4) is 0 Å². The lowest BCUT2D eigenvalue weighted by molar-refractivity contribution is -0.142. The Morgan fingerprint density at radius 3 is 2.34 bits per heavy atom. The summed E-state index contributed by atoms with van der Waals surface area (Å²) < 4.78 is 83.8. The summed E-state index contributed by atoms with van der Waals surface area (Å²) in [7, 11) is 0. The third kappa shape index (κ3) is 6.75. The molecule has 3 heterocycles. The molecule has 216 valence electrons. The fourth-order valence-electron chi connectivity index (χ4n) is 4.86. The van der Waals surface area contributed by atoms with Crippen LogP contribution in [0.15, 0.2) is 48.8 Å². The van der Waals surface area contributed by atoms with Gasteiger partial charge in [0.25, 0.3) is 0 Å². The van der Waals surface area contributed by atoms with Gasteiger partial charge in [0, 0.05) is 46.4 Å². The normalized spacial score (nSPS) is 12.4. The molecule has 1 amide bonds. The summed E-state index contributed by atoms with van der Waals surface area (Å²) in [5.74, 6) is -2.98. The highest BCUT2D eigenvalue weighted by atomic mass is 19.4. The molecule has 0 bridgehead atoms. The number of hydrogen-bond acceptors (Lipinski definition) is 4. The highest BCUT2D eigenvalue weighted by Gasteiger charge is 2.38. The second kappa shape index (κ2) is 12.1. The summed E-state index contributed by atoms with van der Waals surface area (Å²) in [5, 5.41) is 6.46. The summed E-state index contributed by atoms with van der Waals surface area (Å²) >= 11 is 0. The predicted octanol–water partition coefficient (Wildman–Crippen LogP) is 6.31. The average Bonchev–Trinajstić information content (AvgIpc) is 3.27. The molecule has 0 aliphatic rings. The van der Waals surface area contributed by atoms with Gasteiger partial charge in [-0.15, -0.1) is 0 Å². The number of halogens is 6. The topological polar surface area (TPSA) is 72.7 Å². The standard InChI is InChI=1S/C29H27F6N5O/c1-4-21-24(5-2)40(39-27(21)29(33,34)35)15-25(41)38-23(12-17-10-19(30)13-20(31)11-17)26-22(7-6-8-36-26)18-9-16(3)28(32)37-14-18/h6-11,13-14,23H,4-5,12,15H2,1-3H3,(H,38,41)/t23-/m0/s1. The van der Waals surface area contributed by atoms with E-state index >= 15 is 0 Å². The number of carbonyl (C=O) groups excluding carboxylic acids is 1. The fraction of sp³-hybridized carbons (Fsp3) is 0.310. The smallest absolute Gasteiger partial charge is 0.346 e. The molecule has 41 heavy (non-hydrogen) atoms. The van der Waals surface area contributed by atoms with E-state index in [4.69, 9.17) is 0 Å². The summed E-state index contributed by atoms with van der Waals surface area (Å²) in [4.78, 5) is 21.5. The SMILES string of the molecule is CCc1c(C(F)(F)F)nn(CC(=O)N[C@@H](Cc2cc(F)cc(F)c2)c2ncccc2-c2cnc(F)c(C)c2)c1CC. The Hall–Kier alpha value is -4.22. The molecular weight excluding hydrogens is 548 g/mol. The molecule has 0 aliphatic heterocycles. The number of hydrogen-bond donors (Lipinski definition) is 1. The van der Waals surface area contributed by atoms with Gasteiger partial charge in [0.2, 0.25) is 11.9 Å². The van der Waals surface area contributed by atoms with Crippen LogP contribution in [-0.4, -0.2) is 25.7 Å². The molecule has 4 rings (SSSR count). The minimum absolute atomic E-state index is 0.0192. The Bertz CT molecular complexity index is 1550. The van der Waals surface area contributed by atoms with Gasteiger partial charge in [0.15, 0.2) is 5.69 Å². The second-order valence-corrected chi connectivity index (χ2v) is 9.51. The third-order valence-corrected chi connectivity index (χ3v) is 6.61. The number of aryl methyl sites for hydroxylation is 1. The summed E-state index contributed by atoms with van der Waals surface area (Å²) in [5.41, 5.74) is 0.991. The molecule has 1 atom stereocenters. The van der Waals surface area contributed by atoms with Crippen LogP contribution in [0.2, 0.25) is 0 Å². The Morgan fingerprint density at radius 1 is 1.02 bits per heavy atom. The number of pyridine rings is 2. The number of amides is 1. The van der Waals surface area contributed by atoms with Crippen LogP contribution >= 0.6 is 0 Å². The van der Waals surface area contributed by atoms with Gasteiger partial charge in [0.1, 0.15) is 18.2 Å². The Kier molecular flexibility index (Phi) is 8.79. The van der Waals surface area contributed by atoms with Crippen LogP contribution in [-0.2, 0) is 36.8 Å². The fourth-order valence-corrected chi connectivity index (χ4v) is 4.86. The van der Waals surface area contributed by atoms with Crippen molar-refractivity contribution < 1.29 is 31.1 Å². The van der Waals surface area contributed by atoms with Crippen molar-refractivity contribution in [1.82, 2.24) is 25.1 Å². The van der Waals surface area contributed by atoms with Crippen LogP contribution in [0.1, 0.15) is 53.7 Å². The molecule has 0 saturated carbocycles. The van der Waals surface area contributed by atoms with Crippen molar-refractivity contribution in [1.29, 1.82) is 0 Å². The molecule has 3 aromatic heterocycles. The van der Waals surface area contributed by atoms with Crippen LogP contribution in [0.5, 0.6) is 0 Å². The molecular formula is C29H27F6N5O. The Balaban J connectivity index is 1.73. The monoisotopic (exact) mass is 575 g/mol. The largest absolute Gasteiger partial charge is 0.435 e. The molecule has 4 aromatic rings. The number of nitrogens with zero attached hydrogens (tertiary/aromatic N) is 4. The Labute approximate surface area is 232 Å². The molecule has 1 aromatic carbocycles. The number of carbonyl (C=O) groups is 1. The van der Waals surface area contributed by atoms with Crippen LogP contribution in [0.4, 0.5) is 26.3 Å². The Morgan fingerprint density at radius 2 is 1.73 bits per heavy atom. The van der Waals surface area contributed by atoms with Crippen molar-refractivity contribution in [2.24, 2.45) is 0 Å². The van der Waals surface area contributed by atoms with Gasteiger partial charge in [-0.3, -0.25) is 14.5 Å². The second-order valence-electron chi connectivity index (χ2n) is 9.51. The lowest BCUT2D eigenvalue weighted by Crippen LogP contribution is -2.34. The van der Waals surface area contributed by atoms with Crippen LogP contribution in [0.25, 0.3) is 11.1 Å². The lowest BCUT2D eigenvalue weighted by atomic mass is 9.95. The van der Waals surface area contributed by atoms with Crippen molar-refractivity contribution in [2.45, 2.75) is 58.8 Å². The van der Waals surface area contributed by atoms with Crippen molar-refractivity contribution in [2.75, 3.05) is 0 Å². The minimum atomic E-state index is -4.69. The summed E-state index contributed by atoms with van der Waals surface area (Å²) in [6, 6.07) is 6.81. The zero-order valence-electron chi connectivity index (χ0n) is 22.5. The first-order valence-electron chi connectivity index (χ1n) is 12.9. The van der Waals surface area contributed by atoms with Gasteiger partial charge in [-0.2, -0.15) is 22.7 Å². The van der Waals surface area contributed by atoms with Gasteiger partial charge >= 0.3 is 6.18 Å². The van der Waals surface area contributed by atoms with E-state index in [2.05, 4.69) is 20.4 Å². The zero-order chi connectivity index (χ0) is 29.9. The molecule has 12 heteroatoms. The van der Waals surface area contributed by atoms with Gasteiger partial charge in [-0.05, 0) is 56.0 Å². The number of nitrogens with one attached hydrogen (secondary N) is 1. The van der Waals surface area contributed by atoms with Crippen molar-refractivity contribution in [3.8, 4) is 11.1 Å². The van der Waals surface area contributed by atoms with E-state index in [0.29, 0.717) is 22.9 Å². The number of alkyl halides is 3. The highest BCUT2D eigenvalue weighted by Crippen LogP contribution is 2.33. The molecule has 0 spiro atoms.